The van der Waals surface area contributed by atoms with E-state index in [0.29, 0.717) is 44.4 Å². The number of aromatic nitrogens is 2. The van der Waals surface area contributed by atoms with Crippen molar-refractivity contribution in [3.63, 3.8) is 0 Å². The van der Waals surface area contributed by atoms with Gasteiger partial charge < -0.3 is 14.2 Å². The summed E-state index contributed by atoms with van der Waals surface area (Å²) in [4.78, 5) is 18.8. The lowest BCUT2D eigenvalue weighted by molar-refractivity contribution is 0.283. The zero-order valence-electron chi connectivity index (χ0n) is 24.5. The molecular weight excluding hydrogens is 569 g/mol. The van der Waals surface area contributed by atoms with E-state index in [0.717, 1.165) is 22.4 Å². The molecule has 0 atom stereocenters. The highest BCUT2D eigenvalue weighted by Crippen LogP contribution is 2.36. The number of methoxy groups -OCH3 is 2. The van der Waals surface area contributed by atoms with Gasteiger partial charge in [-0.3, -0.25) is 4.79 Å². The smallest absolute Gasteiger partial charge is 0.282 e. The molecule has 0 saturated heterocycles. The van der Waals surface area contributed by atoms with E-state index < -0.39 is 0 Å². The number of hydrogen-bond acceptors (Lipinski definition) is 6. The van der Waals surface area contributed by atoms with Gasteiger partial charge in [0.1, 0.15) is 18.2 Å². The molecule has 1 heterocycles. The molecule has 0 aliphatic heterocycles. The van der Waals surface area contributed by atoms with Crippen LogP contribution < -0.4 is 19.8 Å². The lowest BCUT2D eigenvalue weighted by Gasteiger charge is -2.17. The number of nitrogens with zero attached hydrogens (tertiary/aromatic N) is 3. The van der Waals surface area contributed by atoms with Gasteiger partial charge >= 0.3 is 0 Å². The number of aryl methyl sites for hydroxylation is 1. The Kier molecular flexibility index (Phi) is 8.78. The van der Waals surface area contributed by atoms with Crippen molar-refractivity contribution in [3.05, 3.63) is 116 Å². The molecule has 4 aromatic carbocycles. The second kappa shape index (κ2) is 12.7. The number of ether oxygens (including phenoxy) is 3. The Morgan fingerprint density at radius 1 is 1.00 bits per heavy atom. The number of para-hydroxylation sites is 1. The average molecular weight is 600 g/mol. The highest BCUT2D eigenvalue weighted by atomic mass is 35.5. The van der Waals surface area contributed by atoms with E-state index >= 15 is 0 Å². The third-order valence-corrected chi connectivity index (χ3v) is 7.26. The van der Waals surface area contributed by atoms with Crippen molar-refractivity contribution in [1.82, 2.24) is 9.66 Å². The molecule has 0 aliphatic carbocycles. The Morgan fingerprint density at radius 2 is 1.77 bits per heavy atom. The first kappa shape index (κ1) is 29.8. The van der Waals surface area contributed by atoms with Crippen LogP contribution in [0.15, 0.2) is 82.7 Å². The molecule has 0 unspecified atom stereocenters. The van der Waals surface area contributed by atoms with Gasteiger partial charge in [0, 0.05) is 22.2 Å². The van der Waals surface area contributed by atoms with Crippen molar-refractivity contribution >= 4 is 28.7 Å². The van der Waals surface area contributed by atoms with Gasteiger partial charge in [0.15, 0.2) is 17.3 Å². The molecule has 0 radical (unpaired) electrons. The van der Waals surface area contributed by atoms with Crippen LogP contribution >= 0.6 is 11.6 Å². The largest absolute Gasteiger partial charge is 0.496 e. The van der Waals surface area contributed by atoms with Gasteiger partial charge in [-0.05, 0) is 72.0 Å². The summed E-state index contributed by atoms with van der Waals surface area (Å²) in [5.74, 6) is 1.64. The molecule has 0 saturated carbocycles. The number of fused-ring (bicyclic) bond motifs is 1. The van der Waals surface area contributed by atoms with Crippen LogP contribution in [0.4, 0.5) is 4.39 Å². The van der Waals surface area contributed by atoms with E-state index in [1.165, 1.54) is 30.1 Å². The normalized spacial score (nSPS) is 11.4. The predicted octanol–water partition coefficient (Wildman–Crippen LogP) is 7.77. The number of benzene rings is 4. The highest BCUT2D eigenvalue weighted by Gasteiger charge is 2.19. The van der Waals surface area contributed by atoms with E-state index in [-0.39, 0.29) is 23.9 Å². The highest BCUT2D eigenvalue weighted by molar-refractivity contribution is 6.31. The van der Waals surface area contributed by atoms with E-state index in [9.17, 15) is 9.18 Å². The maximum absolute atomic E-state index is 13.9. The SMILES string of the molecule is COc1cc(C)c(-c2nc3ccccc3c(=O)n2N=Cc2cc(Cl)cc(OC)c2OCc2cccc(F)c2)cc1C(C)C. The zero-order chi connectivity index (χ0) is 30.7. The summed E-state index contributed by atoms with van der Waals surface area (Å²) in [6, 6.07) is 20.5. The van der Waals surface area contributed by atoms with Crippen LogP contribution in [0.3, 0.4) is 0 Å². The van der Waals surface area contributed by atoms with Crippen molar-refractivity contribution in [3.8, 4) is 28.6 Å². The summed E-state index contributed by atoms with van der Waals surface area (Å²) in [5, 5.41) is 5.44. The molecule has 7 nitrogen and oxygen atoms in total. The maximum Gasteiger partial charge on any atom is 0.282 e. The number of hydrogen-bond donors (Lipinski definition) is 0. The van der Waals surface area contributed by atoms with Crippen LogP contribution in [0, 0.1) is 12.7 Å². The van der Waals surface area contributed by atoms with Crippen molar-refractivity contribution in [2.45, 2.75) is 33.3 Å². The molecule has 43 heavy (non-hydrogen) atoms. The summed E-state index contributed by atoms with van der Waals surface area (Å²) in [5.41, 5.74) is 3.91. The lowest BCUT2D eigenvalue weighted by Crippen LogP contribution is -2.21. The van der Waals surface area contributed by atoms with Gasteiger partial charge in [0.05, 0.1) is 31.3 Å². The fraction of sp³-hybridized carbons (Fsp3) is 0.206. The maximum atomic E-state index is 13.9. The van der Waals surface area contributed by atoms with Crippen LogP contribution in [0.25, 0.3) is 22.3 Å². The second-order valence-electron chi connectivity index (χ2n) is 10.3. The molecule has 0 spiro atoms. The summed E-state index contributed by atoms with van der Waals surface area (Å²) in [6.45, 7) is 6.17. The molecule has 5 aromatic rings. The van der Waals surface area contributed by atoms with E-state index in [2.05, 4.69) is 18.9 Å². The van der Waals surface area contributed by atoms with Gasteiger partial charge in [-0.15, -0.1) is 0 Å². The Morgan fingerprint density at radius 3 is 2.49 bits per heavy atom. The summed E-state index contributed by atoms with van der Waals surface area (Å²) in [6.07, 6.45) is 1.48. The van der Waals surface area contributed by atoms with Crippen molar-refractivity contribution in [1.29, 1.82) is 0 Å². The van der Waals surface area contributed by atoms with Crippen LogP contribution in [-0.4, -0.2) is 30.1 Å². The summed E-state index contributed by atoms with van der Waals surface area (Å²) in [7, 11) is 3.14. The zero-order valence-corrected chi connectivity index (χ0v) is 25.3. The first-order valence-electron chi connectivity index (χ1n) is 13.7. The van der Waals surface area contributed by atoms with E-state index in [1.807, 2.05) is 25.1 Å². The Labute approximate surface area is 254 Å². The van der Waals surface area contributed by atoms with Gasteiger partial charge in [0.25, 0.3) is 5.56 Å². The molecule has 0 N–H and O–H groups in total. The summed E-state index contributed by atoms with van der Waals surface area (Å²) >= 11 is 6.41. The quantitative estimate of drug-likeness (QED) is 0.162. The minimum Gasteiger partial charge on any atom is -0.496 e. The minimum absolute atomic E-state index is 0.0718. The monoisotopic (exact) mass is 599 g/mol. The minimum atomic E-state index is -0.365. The molecule has 9 heteroatoms. The van der Waals surface area contributed by atoms with Gasteiger partial charge in [-0.1, -0.05) is 49.7 Å². The molecule has 0 aliphatic rings. The fourth-order valence-electron chi connectivity index (χ4n) is 4.87. The van der Waals surface area contributed by atoms with Crippen LogP contribution in [0.1, 0.15) is 42.0 Å². The Hall–Kier alpha value is -4.69. The van der Waals surface area contributed by atoms with Crippen molar-refractivity contribution in [2.75, 3.05) is 14.2 Å². The van der Waals surface area contributed by atoms with Crippen LogP contribution in [0.2, 0.25) is 5.02 Å². The first-order valence-corrected chi connectivity index (χ1v) is 14.1. The standard InChI is InChI=1S/C34H31ClFN3O4/c1-20(2)27-17-28(21(3)13-30(27)41-4)33-38-29-12-7-6-11-26(29)34(40)39(33)37-18-23-15-24(35)16-31(42-5)32(23)43-19-22-9-8-10-25(36)14-22/h6-18,20H,19H2,1-5H3. The van der Waals surface area contributed by atoms with Gasteiger partial charge in [-0.25, -0.2) is 9.37 Å². The Balaban J connectivity index is 1.68. The molecule has 220 valence electrons. The number of rotatable bonds is 9. The predicted molar refractivity (Wildman–Crippen MR) is 169 cm³/mol. The van der Waals surface area contributed by atoms with Crippen molar-refractivity contribution < 1.29 is 18.6 Å². The molecule has 0 bridgehead atoms. The average Bonchev–Trinajstić information content (AvgIpc) is 2.99. The number of halogens is 2. The first-order chi connectivity index (χ1) is 20.7. The van der Waals surface area contributed by atoms with Crippen LogP contribution in [0.5, 0.6) is 17.2 Å². The molecule has 0 amide bonds. The third kappa shape index (κ3) is 6.24. The molecule has 0 fully saturated rings. The fourth-order valence-corrected chi connectivity index (χ4v) is 5.08. The van der Waals surface area contributed by atoms with Gasteiger partial charge in [-0.2, -0.15) is 9.78 Å². The summed E-state index contributed by atoms with van der Waals surface area (Å²) < 4.78 is 32.3. The topological polar surface area (TPSA) is 74.9 Å². The molecule has 1 aromatic heterocycles. The van der Waals surface area contributed by atoms with E-state index in [4.69, 9.17) is 30.8 Å². The van der Waals surface area contributed by atoms with Gasteiger partial charge in [0.2, 0.25) is 0 Å². The van der Waals surface area contributed by atoms with Crippen LogP contribution in [-0.2, 0) is 6.61 Å². The van der Waals surface area contributed by atoms with E-state index in [1.54, 1.807) is 49.6 Å². The molecular formula is C34H31ClFN3O4. The molecule has 5 rings (SSSR count). The third-order valence-electron chi connectivity index (χ3n) is 7.05. The lowest BCUT2D eigenvalue weighted by atomic mass is 9.96. The Bertz CT molecular complexity index is 1900. The second-order valence-corrected chi connectivity index (χ2v) is 10.8. The van der Waals surface area contributed by atoms with Crippen molar-refractivity contribution in [2.24, 2.45) is 5.10 Å².